The number of H-pyrrole nitrogens is 1. The summed E-state index contributed by atoms with van der Waals surface area (Å²) < 4.78 is 44.9. The van der Waals surface area contributed by atoms with E-state index in [1.807, 2.05) is 29.2 Å². The number of nitrogens with one attached hydrogen (secondary N) is 1. The molecule has 3 aromatic rings. The van der Waals surface area contributed by atoms with Crippen LogP contribution in [0, 0.1) is 0 Å². The Morgan fingerprint density at radius 2 is 1.72 bits per heavy atom. The number of nitrogens with zero attached hydrogens (tertiary/aromatic N) is 4. The van der Waals surface area contributed by atoms with Crippen LogP contribution in [0.2, 0.25) is 0 Å². The van der Waals surface area contributed by atoms with Gasteiger partial charge in [0.25, 0.3) is 0 Å². The van der Waals surface area contributed by atoms with Crippen LogP contribution in [0.25, 0.3) is 11.0 Å². The number of benzene rings is 2. The van der Waals surface area contributed by atoms with Crippen LogP contribution in [-0.4, -0.2) is 52.9 Å². The monoisotopic (exact) mass is 441 g/mol. The maximum atomic E-state index is 13.3. The summed E-state index contributed by atoms with van der Waals surface area (Å²) in [6.07, 6.45) is -3.04. The number of halogens is 3. The highest BCUT2D eigenvalue weighted by Gasteiger charge is 2.37. The van der Waals surface area contributed by atoms with Crippen molar-refractivity contribution >= 4 is 28.8 Å². The van der Waals surface area contributed by atoms with E-state index in [2.05, 4.69) is 19.9 Å². The van der Waals surface area contributed by atoms with Crippen molar-refractivity contribution in [2.24, 2.45) is 4.99 Å². The molecule has 0 amide bonds. The number of piperazine rings is 1. The predicted molar refractivity (Wildman–Crippen MR) is 112 cm³/mol. The highest BCUT2D eigenvalue weighted by Crippen LogP contribution is 2.33. The van der Waals surface area contributed by atoms with Gasteiger partial charge in [-0.3, -0.25) is 0 Å². The minimum absolute atomic E-state index is 0.0193. The number of aromatic amines is 1. The number of hydrogen-bond acceptors (Lipinski definition) is 6. The second kappa shape index (κ2) is 7.70. The first-order chi connectivity index (χ1) is 15.4. The van der Waals surface area contributed by atoms with Gasteiger partial charge in [0.2, 0.25) is 11.8 Å². The largest absolute Gasteiger partial charge is 0.417 e. The van der Waals surface area contributed by atoms with Crippen LogP contribution < -0.4 is 4.90 Å². The third-order valence-corrected chi connectivity index (χ3v) is 5.38. The Morgan fingerprint density at radius 3 is 2.47 bits per heavy atom. The van der Waals surface area contributed by atoms with E-state index in [0.29, 0.717) is 26.2 Å². The molecular weight excluding hydrogens is 423 g/mol. The topological polar surface area (TPSA) is 73.8 Å². The highest BCUT2D eigenvalue weighted by molar-refractivity contribution is 6.11. The second-order valence-corrected chi connectivity index (χ2v) is 7.46. The zero-order chi connectivity index (χ0) is 22.3. The molecule has 0 radical (unpaired) electrons. The van der Waals surface area contributed by atoms with E-state index in [9.17, 15) is 18.0 Å². The summed E-state index contributed by atoms with van der Waals surface area (Å²) in [6.45, 7) is 2.51. The quantitative estimate of drug-likeness (QED) is 0.497. The molecule has 2 aliphatic heterocycles. The van der Waals surface area contributed by atoms with Crippen LogP contribution in [0.1, 0.15) is 11.1 Å². The minimum Gasteiger partial charge on any atom is -0.402 e. The lowest BCUT2D eigenvalue weighted by Gasteiger charge is -2.33. The molecule has 1 saturated heterocycles. The summed E-state index contributed by atoms with van der Waals surface area (Å²) in [4.78, 5) is 28.2. The zero-order valence-corrected chi connectivity index (χ0v) is 16.8. The number of aromatic nitrogens is 2. The average molecular weight is 441 g/mol. The van der Waals surface area contributed by atoms with Crippen LogP contribution in [0.5, 0.6) is 0 Å². The maximum absolute atomic E-state index is 13.3. The molecule has 0 aliphatic carbocycles. The van der Waals surface area contributed by atoms with E-state index in [1.165, 1.54) is 18.2 Å². The van der Waals surface area contributed by atoms with Gasteiger partial charge in [-0.25, -0.2) is 14.8 Å². The number of esters is 1. The van der Waals surface area contributed by atoms with Crippen molar-refractivity contribution in [2.75, 3.05) is 31.1 Å². The van der Waals surface area contributed by atoms with Gasteiger partial charge in [-0.15, -0.1) is 0 Å². The molecule has 0 saturated carbocycles. The first-order valence-corrected chi connectivity index (χ1v) is 10.0. The van der Waals surface area contributed by atoms with E-state index in [4.69, 9.17) is 4.74 Å². The Kier molecular flexibility index (Phi) is 4.84. The van der Waals surface area contributed by atoms with Crippen LogP contribution in [0.4, 0.5) is 19.1 Å². The molecule has 1 N–H and O–H groups in total. The fourth-order valence-corrected chi connectivity index (χ4v) is 3.76. The summed E-state index contributed by atoms with van der Waals surface area (Å²) in [6, 6.07) is 12.7. The van der Waals surface area contributed by atoms with Gasteiger partial charge < -0.3 is 19.5 Å². The Bertz CT molecular complexity index is 1210. The number of carbonyl (C=O) groups excluding carboxylic acids is 1. The van der Waals surface area contributed by atoms with Gasteiger partial charge in [-0.2, -0.15) is 13.2 Å². The van der Waals surface area contributed by atoms with Gasteiger partial charge in [0, 0.05) is 37.9 Å². The van der Waals surface area contributed by atoms with Crippen molar-refractivity contribution < 1.29 is 22.7 Å². The number of fused-ring (bicyclic) bond motifs is 1. The molecule has 0 atom stereocenters. The molecule has 1 fully saturated rings. The number of rotatable bonds is 3. The predicted octanol–water partition coefficient (Wildman–Crippen LogP) is 3.55. The normalized spacial score (nSPS) is 18.4. The number of alkyl halides is 3. The molecule has 5 rings (SSSR count). The second-order valence-electron chi connectivity index (χ2n) is 7.46. The first-order valence-electron chi connectivity index (χ1n) is 10.0. The number of para-hydroxylation sites is 2. The minimum atomic E-state index is -4.58. The Hall–Kier alpha value is -3.82. The van der Waals surface area contributed by atoms with Crippen LogP contribution in [0.15, 0.2) is 65.4 Å². The van der Waals surface area contributed by atoms with Gasteiger partial charge in [-0.1, -0.05) is 24.3 Å². The van der Waals surface area contributed by atoms with Crippen molar-refractivity contribution in [2.45, 2.75) is 6.18 Å². The summed E-state index contributed by atoms with van der Waals surface area (Å²) in [5.74, 6) is -0.324. The lowest BCUT2D eigenvalue weighted by atomic mass is 10.1. The molecule has 0 spiro atoms. The Morgan fingerprint density at radius 1 is 1.00 bits per heavy atom. The molecule has 1 aromatic heterocycles. The maximum Gasteiger partial charge on any atom is 0.417 e. The molecule has 2 aromatic carbocycles. The molecule has 164 valence electrons. The summed E-state index contributed by atoms with van der Waals surface area (Å²) in [7, 11) is 0. The lowest BCUT2D eigenvalue weighted by molar-refractivity contribution is -0.138. The van der Waals surface area contributed by atoms with Gasteiger partial charge >= 0.3 is 12.1 Å². The summed E-state index contributed by atoms with van der Waals surface area (Å²) in [5, 5.41) is 0. The number of carbonyl (C=O) groups is 1. The lowest BCUT2D eigenvalue weighted by Crippen LogP contribution is -2.44. The van der Waals surface area contributed by atoms with Crippen molar-refractivity contribution in [3.63, 3.8) is 0 Å². The number of ether oxygens (including phenoxy) is 1. The SMILES string of the molecule is O=C1OC(c2ccccc2C(F)(F)F)=NC1=CN1CCN(c2nc3ccccc3[nH]2)CC1. The van der Waals surface area contributed by atoms with Crippen molar-refractivity contribution in [1.29, 1.82) is 0 Å². The van der Waals surface area contributed by atoms with Gasteiger partial charge in [0.1, 0.15) is 0 Å². The number of aliphatic imine (C=N–C) groups is 1. The van der Waals surface area contributed by atoms with Gasteiger partial charge in [0.15, 0.2) is 5.70 Å². The van der Waals surface area contributed by atoms with Crippen molar-refractivity contribution in [3.05, 3.63) is 71.6 Å². The third-order valence-electron chi connectivity index (χ3n) is 5.38. The molecule has 32 heavy (non-hydrogen) atoms. The fraction of sp³-hybridized carbons (Fsp3) is 0.227. The number of anilines is 1. The van der Waals surface area contributed by atoms with E-state index >= 15 is 0 Å². The van der Waals surface area contributed by atoms with Crippen LogP contribution in [-0.2, 0) is 15.7 Å². The number of imidazole rings is 1. The number of cyclic esters (lactones) is 1. The standard InChI is InChI=1S/C22H18F3N5O2/c23-22(24,25)15-6-2-1-5-14(15)19-26-18(20(31)32-19)13-29-9-11-30(12-10-29)21-27-16-7-3-4-8-17(16)28-21/h1-8,13H,9-12H2,(H,27,28). The molecule has 2 aliphatic rings. The molecule has 3 heterocycles. The first kappa shape index (κ1) is 20.1. The van der Waals surface area contributed by atoms with E-state index in [-0.39, 0.29) is 17.2 Å². The van der Waals surface area contributed by atoms with Crippen molar-refractivity contribution in [3.8, 4) is 0 Å². The Balaban J connectivity index is 1.31. The highest BCUT2D eigenvalue weighted by atomic mass is 19.4. The summed E-state index contributed by atoms with van der Waals surface area (Å²) >= 11 is 0. The summed E-state index contributed by atoms with van der Waals surface area (Å²) in [5.41, 5.74) is 0.677. The van der Waals surface area contributed by atoms with E-state index in [0.717, 1.165) is 23.0 Å². The zero-order valence-electron chi connectivity index (χ0n) is 16.8. The van der Waals surface area contributed by atoms with E-state index < -0.39 is 17.7 Å². The van der Waals surface area contributed by atoms with Gasteiger partial charge in [0.05, 0.1) is 16.6 Å². The third kappa shape index (κ3) is 3.79. The molecule has 10 heteroatoms. The molecule has 0 bridgehead atoms. The molecule has 0 unspecified atom stereocenters. The van der Waals surface area contributed by atoms with Crippen LogP contribution >= 0.6 is 0 Å². The van der Waals surface area contributed by atoms with Crippen LogP contribution in [0.3, 0.4) is 0 Å². The smallest absolute Gasteiger partial charge is 0.402 e. The van der Waals surface area contributed by atoms with E-state index in [1.54, 1.807) is 6.20 Å². The molecule has 7 nitrogen and oxygen atoms in total. The average Bonchev–Trinajstić information content (AvgIpc) is 3.37. The van der Waals surface area contributed by atoms with Gasteiger partial charge in [-0.05, 0) is 24.3 Å². The molecular formula is C22H18F3N5O2. The number of hydrogen-bond donors (Lipinski definition) is 1. The fourth-order valence-electron chi connectivity index (χ4n) is 3.76. The Labute approximate surface area is 180 Å². The van der Waals surface area contributed by atoms with Crippen molar-refractivity contribution in [1.82, 2.24) is 14.9 Å².